The largest absolute Gasteiger partial charge is 0.569 e. The van der Waals surface area contributed by atoms with Crippen LogP contribution in [0.5, 0.6) is 0 Å². The first-order valence-electron chi connectivity index (χ1n) is 14.8. The number of likely N-dealkylation sites (N-methyl/N-ethyl adjacent to an activating group) is 1. The fourth-order valence-electron chi connectivity index (χ4n) is 4.83. The molecule has 0 radical (unpaired) electrons. The average Bonchev–Trinajstić information content (AvgIpc) is 3.63. The molecule has 0 saturated carbocycles. The summed E-state index contributed by atoms with van der Waals surface area (Å²) in [4.78, 5) is 43.8. The Morgan fingerprint density at radius 2 is 1.56 bits per heavy atom. The smallest absolute Gasteiger partial charge is 0.435 e. The van der Waals surface area contributed by atoms with Crippen LogP contribution >= 0.6 is 0 Å². The molecule has 1 aliphatic rings. The Kier molecular flexibility index (Phi) is 9.18. The van der Waals surface area contributed by atoms with Crippen molar-refractivity contribution in [1.82, 2.24) is 24.4 Å². The molecule has 1 aromatic heterocycles. The van der Waals surface area contributed by atoms with E-state index in [1.165, 1.54) is 45.0 Å². The van der Waals surface area contributed by atoms with Gasteiger partial charge in [0.25, 0.3) is 27.7 Å². The second-order valence-electron chi connectivity index (χ2n) is 11.8. The van der Waals surface area contributed by atoms with Crippen LogP contribution < -0.4 is 4.72 Å². The summed E-state index contributed by atoms with van der Waals surface area (Å²) >= 11 is 0. The molecule has 262 valence electrons. The monoisotopic (exact) mass is 713 g/mol. The van der Waals surface area contributed by atoms with Gasteiger partial charge >= 0.3 is 6.18 Å². The highest BCUT2D eigenvalue weighted by atomic mass is 32.2. The van der Waals surface area contributed by atoms with Crippen molar-refractivity contribution in [1.29, 1.82) is 0 Å². The molecule has 3 amide bonds. The summed E-state index contributed by atoms with van der Waals surface area (Å²) in [7, 11) is -3.44. The topological polar surface area (TPSA) is 169 Å². The molecule has 18 heteroatoms. The van der Waals surface area contributed by atoms with Gasteiger partial charge in [-0.1, -0.05) is 42.0 Å². The highest BCUT2D eigenvalue weighted by Crippen LogP contribution is 2.33. The van der Waals surface area contributed by atoms with Crippen molar-refractivity contribution in [2.75, 3.05) is 7.05 Å². The average molecular weight is 714 g/mol. The molecule has 14 nitrogen and oxygen atoms in total. The molecule has 1 aliphatic heterocycles. The summed E-state index contributed by atoms with van der Waals surface area (Å²) in [5.74, 6) is -2.46. The van der Waals surface area contributed by atoms with Crippen molar-refractivity contribution in [3.05, 3.63) is 106 Å². The van der Waals surface area contributed by atoms with Crippen molar-refractivity contribution in [2.45, 2.75) is 50.5 Å². The van der Waals surface area contributed by atoms with Gasteiger partial charge < -0.3 is 10.0 Å². The van der Waals surface area contributed by atoms with E-state index in [4.69, 9.17) is 4.84 Å². The van der Waals surface area contributed by atoms with Gasteiger partial charge in [-0.05, 0) is 70.2 Å². The Labute approximate surface area is 283 Å². The van der Waals surface area contributed by atoms with E-state index in [9.17, 15) is 41.2 Å². The van der Waals surface area contributed by atoms with Gasteiger partial charge in [0.15, 0.2) is 11.2 Å². The first-order valence-corrected chi connectivity index (χ1v) is 16.3. The summed E-state index contributed by atoms with van der Waals surface area (Å²) in [6.45, 7) is 5.57. The molecular formula is C32H30F3N7O7S. The molecule has 0 spiro atoms. The molecule has 0 aliphatic carbocycles. The summed E-state index contributed by atoms with van der Waals surface area (Å²) in [6, 6.07) is 18.3. The molecule has 1 N–H and O–H groups in total. The summed E-state index contributed by atoms with van der Waals surface area (Å²) in [6.07, 6.45) is -6.06. The van der Waals surface area contributed by atoms with E-state index in [1.54, 1.807) is 36.4 Å². The second-order valence-corrected chi connectivity index (χ2v) is 13.4. The Morgan fingerprint density at radius 1 is 1.00 bits per heavy atom. The first-order chi connectivity index (χ1) is 23.3. The SMILES string of the molecule is Cc1ccc(-c2cc(C(F)(F)F)nn2-c2ccc(S(=O)(=O)NC(=O)C(C)(C)N(C)[N+]([O-])=NOC(C)N3C(=O)c4ccccc4C3=O)cc2)cc1. The molecular weight excluding hydrogens is 683 g/mol. The Bertz CT molecular complexity index is 2080. The molecule has 0 fully saturated rings. The third-order valence-corrected chi connectivity index (χ3v) is 9.39. The van der Waals surface area contributed by atoms with Crippen LogP contribution in [0, 0.1) is 12.1 Å². The van der Waals surface area contributed by atoms with Crippen LogP contribution in [0.2, 0.25) is 0 Å². The zero-order chi connectivity index (χ0) is 36.8. The van der Waals surface area contributed by atoms with Gasteiger partial charge in [-0.2, -0.15) is 18.3 Å². The number of hydrogen-bond donors (Lipinski definition) is 1. The lowest BCUT2D eigenvalue weighted by Gasteiger charge is -2.29. The van der Waals surface area contributed by atoms with Crippen LogP contribution in [0.25, 0.3) is 16.9 Å². The van der Waals surface area contributed by atoms with Crippen LogP contribution in [0.3, 0.4) is 0 Å². The number of nitrogens with zero attached hydrogens (tertiary/aromatic N) is 6. The number of aromatic nitrogens is 2. The maximum Gasteiger partial charge on any atom is 0.435 e. The van der Waals surface area contributed by atoms with Gasteiger partial charge in [-0.15, -0.1) is 5.01 Å². The zero-order valence-corrected chi connectivity index (χ0v) is 28.0. The third kappa shape index (κ3) is 6.73. The van der Waals surface area contributed by atoms with E-state index in [2.05, 4.69) is 10.4 Å². The third-order valence-electron chi connectivity index (χ3n) is 8.05. The summed E-state index contributed by atoms with van der Waals surface area (Å²) < 4.78 is 70.0. The Morgan fingerprint density at radius 3 is 2.10 bits per heavy atom. The molecule has 0 bridgehead atoms. The predicted molar refractivity (Wildman–Crippen MR) is 169 cm³/mol. The zero-order valence-electron chi connectivity index (χ0n) is 27.2. The summed E-state index contributed by atoms with van der Waals surface area (Å²) in [5.41, 5.74) is -1.15. The van der Waals surface area contributed by atoms with E-state index in [-0.39, 0.29) is 27.5 Å². The number of sulfonamides is 1. The van der Waals surface area contributed by atoms with E-state index in [1.807, 2.05) is 11.6 Å². The van der Waals surface area contributed by atoms with Crippen LogP contribution in [0.1, 0.15) is 52.7 Å². The van der Waals surface area contributed by atoms with E-state index in [0.29, 0.717) is 10.6 Å². The first kappa shape index (κ1) is 35.5. The molecule has 1 atom stereocenters. The number of amides is 3. The van der Waals surface area contributed by atoms with Crippen molar-refractivity contribution in [3.8, 4) is 16.9 Å². The molecule has 4 aromatic rings. The number of benzene rings is 3. The van der Waals surface area contributed by atoms with Gasteiger partial charge in [-0.3, -0.25) is 14.4 Å². The normalized spacial score (nSPS) is 14.4. The molecule has 0 saturated heterocycles. The van der Waals surface area contributed by atoms with E-state index >= 15 is 0 Å². The predicted octanol–water partition coefficient (Wildman–Crippen LogP) is 4.83. The van der Waals surface area contributed by atoms with Gasteiger partial charge in [0, 0.05) is 5.56 Å². The summed E-state index contributed by atoms with van der Waals surface area (Å²) in [5, 5.41) is 20.5. The number of halogens is 3. The second kappa shape index (κ2) is 12.9. The fraction of sp³-hybridized carbons (Fsp3) is 0.250. The van der Waals surface area contributed by atoms with Gasteiger partial charge in [0.2, 0.25) is 11.5 Å². The van der Waals surface area contributed by atoms with Crippen LogP contribution in [0.4, 0.5) is 13.2 Å². The van der Waals surface area contributed by atoms with Crippen LogP contribution in [-0.4, -0.2) is 69.6 Å². The number of hydrazine groups is 1. The highest BCUT2D eigenvalue weighted by molar-refractivity contribution is 7.90. The van der Waals surface area contributed by atoms with Crippen molar-refractivity contribution < 1.29 is 45.8 Å². The minimum Gasteiger partial charge on any atom is -0.569 e. The van der Waals surface area contributed by atoms with Crippen LogP contribution in [0.15, 0.2) is 89.0 Å². The molecule has 5 rings (SSSR count). The number of nitrogens with one attached hydrogen (secondary N) is 1. The quantitative estimate of drug-likeness (QED) is 0.105. The number of fused-ring (bicyclic) bond motifs is 1. The minimum atomic E-state index is -4.74. The fourth-order valence-corrected chi connectivity index (χ4v) is 5.93. The van der Waals surface area contributed by atoms with Crippen LogP contribution in [-0.2, 0) is 25.8 Å². The van der Waals surface area contributed by atoms with Crippen molar-refractivity contribution >= 4 is 27.7 Å². The lowest BCUT2D eigenvalue weighted by Crippen LogP contribution is -2.56. The Balaban J connectivity index is 1.29. The Hall–Kier alpha value is -5.78. The van der Waals surface area contributed by atoms with E-state index in [0.717, 1.165) is 40.4 Å². The lowest BCUT2D eigenvalue weighted by molar-refractivity contribution is -0.718. The number of carbonyl (C=O) groups excluding carboxylic acids is 3. The number of aryl methyl sites for hydroxylation is 1. The number of alkyl halides is 3. The maximum absolute atomic E-state index is 13.6. The van der Waals surface area contributed by atoms with Crippen molar-refractivity contribution in [2.24, 2.45) is 5.28 Å². The van der Waals surface area contributed by atoms with Gasteiger partial charge in [-0.25, -0.2) is 22.7 Å². The number of carbonyl (C=O) groups is 3. The molecule has 1 unspecified atom stereocenters. The molecule has 50 heavy (non-hydrogen) atoms. The van der Waals surface area contributed by atoms with Gasteiger partial charge in [0.1, 0.15) is 0 Å². The molecule has 2 heterocycles. The highest BCUT2D eigenvalue weighted by Gasteiger charge is 2.42. The lowest BCUT2D eigenvalue weighted by atomic mass is 10.1. The number of imide groups is 1. The molecule has 3 aromatic carbocycles. The number of hydrogen-bond acceptors (Lipinski definition) is 9. The minimum absolute atomic E-state index is 0.112. The van der Waals surface area contributed by atoms with E-state index < -0.39 is 56.3 Å². The standard InChI is InChI=1S/C32H30F3N7O7S/c1-19-10-12-21(13-11-19)26-18-27(32(33,34)35)36-41(26)22-14-16-23(17-15-22)50(47,48)37-30(45)31(3,4)39(5)42(46)38-49-20(2)40-28(43)24-8-6-7-9-25(24)29(40)44/h6-18,20H,1-5H3,(H,37,45). The van der Waals surface area contributed by atoms with Gasteiger partial charge in [0.05, 0.1) is 39.4 Å². The maximum atomic E-state index is 13.6. The van der Waals surface area contributed by atoms with Crippen molar-refractivity contribution in [3.63, 3.8) is 0 Å². The number of rotatable bonds is 10.